The predicted molar refractivity (Wildman–Crippen MR) is 153 cm³/mol. The van der Waals surface area contributed by atoms with Crippen LogP contribution in [0.4, 0.5) is 8.78 Å². The summed E-state index contributed by atoms with van der Waals surface area (Å²) in [6.07, 6.45) is 1.79. The maximum atomic E-state index is 15.1. The normalized spacial score (nSPS) is 20.3. The number of halogens is 2. The molecule has 4 atom stereocenters. The molecular weight excluding hydrogens is 562 g/mol. The van der Waals surface area contributed by atoms with Crippen molar-refractivity contribution in [2.75, 3.05) is 19.8 Å². The average molecular weight is 595 g/mol. The van der Waals surface area contributed by atoms with Crippen LogP contribution in [0.5, 0.6) is 0 Å². The Morgan fingerprint density at radius 3 is 2.43 bits per heavy atom. The van der Waals surface area contributed by atoms with Crippen molar-refractivity contribution in [1.29, 1.82) is 0 Å². The van der Waals surface area contributed by atoms with Crippen LogP contribution in [0.3, 0.4) is 0 Å². The van der Waals surface area contributed by atoms with Crippen LogP contribution in [0.15, 0.2) is 82.8 Å². The minimum atomic E-state index is -3.62. The molecular formula is C31H32F2N4O4S. The van der Waals surface area contributed by atoms with Gasteiger partial charge in [0.2, 0.25) is 10.0 Å². The molecule has 5 rings (SSSR count). The highest BCUT2D eigenvalue weighted by Gasteiger charge is 2.44. The van der Waals surface area contributed by atoms with Crippen LogP contribution in [0, 0.1) is 17.6 Å². The zero-order valence-electron chi connectivity index (χ0n) is 23.0. The van der Waals surface area contributed by atoms with E-state index in [9.17, 15) is 23.1 Å². The first-order valence-corrected chi connectivity index (χ1v) is 15.5. The van der Waals surface area contributed by atoms with Crippen molar-refractivity contribution in [2.45, 2.75) is 55.0 Å². The SMILES string of the molecule is [N-]=[N+]=N[C@H](C(=O)Cc1cccc(F)c1CC[C@H]1CN1S(=O)(=O)c1ccccc1)[C@@H](c1ccc(F)cc1)C1CCOCC1. The van der Waals surface area contributed by atoms with Crippen molar-refractivity contribution < 1.29 is 26.7 Å². The van der Waals surface area contributed by atoms with Gasteiger partial charge >= 0.3 is 0 Å². The Hall–Kier alpha value is -3.63. The van der Waals surface area contributed by atoms with Crippen molar-refractivity contribution in [3.63, 3.8) is 0 Å². The van der Waals surface area contributed by atoms with E-state index in [0.29, 0.717) is 55.7 Å². The van der Waals surface area contributed by atoms with E-state index in [-0.39, 0.29) is 35.5 Å². The molecule has 3 aromatic rings. The molecule has 0 radical (unpaired) electrons. The number of carbonyl (C=O) groups is 1. The third-order valence-corrected chi connectivity index (χ3v) is 10.1. The van der Waals surface area contributed by atoms with Crippen LogP contribution in [-0.2, 0) is 32.4 Å². The Bertz CT molecular complexity index is 1560. The summed E-state index contributed by atoms with van der Waals surface area (Å²) in [6.45, 7) is 1.36. The number of hydrogen-bond acceptors (Lipinski definition) is 5. The van der Waals surface area contributed by atoms with Crippen LogP contribution in [-0.4, -0.2) is 50.3 Å². The Morgan fingerprint density at radius 2 is 1.74 bits per heavy atom. The lowest BCUT2D eigenvalue weighted by molar-refractivity contribution is -0.120. The number of ketones is 1. The minimum absolute atomic E-state index is 0.0249. The molecule has 2 saturated heterocycles. The van der Waals surface area contributed by atoms with E-state index in [1.165, 1.54) is 28.6 Å². The maximum Gasteiger partial charge on any atom is 0.243 e. The molecule has 1 unspecified atom stereocenters. The van der Waals surface area contributed by atoms with Gasteiger partial charge in [-0.2, -0.15) is 4.31 Å². The van der Waals surface area contributed by atoms with Gasteiger partial charge in [0.25, 0.3) is 0 Å². The van der Waals surface area contributed by atoms with E-state index in [4.69, 9.17) is 4.74 Å². The van der Waals surface area contributed by atoms with Gasteiger partial charge in [-0.3, -0.25) is 4.79 Å². The number of sulfonamides is 1. The third kappa shape index (κ3) is 6.71. The van der Waals surface area contributed by atoms with Crippen molar-refractivity contribution in [3.8, 4) is 0 Å². The Balaban J connectivity index is 1.34. The molecule has 8 nitrogen and oxygen atoms in total. The first kappa shape index (κ1) is 29.8. The minimum Gasteiger partial charge on any atom is -0.381 e. The van der Waals surface area contributed by atoms with Crippen molar-refractivity contribution >= 4 is 15.8 Å². The van der Waals surface area contributed by atoms with Gasteiger partial charge in [0.05, 0.1) is 4.90 Å². The van der Waals surface area contributed by atoms with E-state index in [2.05, 4.69) is 10.0 Å². The summed E-state index contributed by atoms with van der Waals surface area (Å²) < 4.78 is 61.5. The third-order valence-electron chi connectivity index (χ3n) is 8.20. The molecule has 42 heavy (non-hydrogen) atoms. The Labute approximate surface area is 244 Å². The quantitative estimate of drug-likeness (QED) is 0.111. The molecule has 220 valence electrons. The summed E-state index contributed by atoms with van der Waals surface area (Å²) >= 11 is 0. The number of Topliss-reactive ketones (excluding diaryl/α,β-unsaturated/α-hetero) is 1. The summed E-state index contributed by atoms with van der Waals surface area (Å²) in [5.41, 5.74) is 10.9. The van der Waals surface area contributed by atoms with Gasteiger partial charge in [0.15, 0.2) is 0 Å². The van der Waals surface area contributed by atoms with Gasteiger partial charge in [0, 0.05) is 43.1 Å². The average Bonchev–Trinajstić information content (AvgIpc) is 3.79. The number of ether oxygens (including phenoxy) is 1. The number of hydrogen-bond donors (Lipinski definition) is 0. The zero-order valence-corrected chi connectivity index (χ0v) is 23.8. The highest BCUT2D eigenvalue weighted by molar-refractivity contribution is 7.89. The van der Waals surface area contributed by atoms with Gasteiger partial charge in [-0.25, -0.2) is 17.2 Å². The summed E-state index contributed by atoms with van der Waals surface area (Å²) in [6, 6.07) is 17.2. The smallest absolute Gasteiger partial charge is 0.243 e. The molecule has 2 aliphatic rings. The van der Waals surface area contributed by atoms with E-state index < -0.39 is 33.6 Å². The van der Waals surface area contributed by atoms with Crippen LogP contribution < -0.4 is 0 Å². The van der Waals surface area contributed by atoms with Crippen molar-refractivity contribution in [3.05, 3.63) is 112 Å². The van der Waals surface area contributed by atoms with Crippen molar-refractivity contribution in [1.82, 2.24) is 4.31 Å². The van der Waals surface area contributed by atoms with E-state index in [1.807, 2.05) is 0 Å². The first-order chi connectivity index (χ1) is 20.3. The highest BCUT2D eigenvalue weighted by atomic mass is 32.2. The first-order valence-electron chi connectivity index (χ1n) is 14.0. The lowest BCUT2D eigenvalue weighted by Gasteiger charge is -2.34. The maximum absolute atomic E-state index is 15.1. The second-order valence-corrected chi connectivity index (χ2v) is 12.7. The number of rotatable bonds is 12. The van der Waals surface area contributed by atoms with Gasteiger partial charge in [-0.15, -0.1) is 0 Å². The summed E-state index contributed by atoms with van der Waals surface area (Å²) in [5.74, 6) is -1.76. The molecule has 0 saturated carbocycles. The van der Waals surface area contributed by atoms with E-state index in [0.717, 1.165) is 0 Å². The standard InChI is InChI=1S/C31H32F2N4O4S/c32-24-11-9-21(10-12-24)30(22-15-17-41-18-16-22)31(35-36-34)29(38)19-23-5-4-8-28(33)27(23)14-13-25-20-37(25)42(39,40)26-6-2-1-3-7-26/h1-12,22,25,30-31H,13-20H2/t25-,30-,31+,37?/m0/s1. The lowest BCUT2D eigenvalue weighted by atomic mass is 9.75. The second kappa shape index (κ2) is 13.1. The number of carbonyl (C=O) groups excluding carboxylic acids is 1. The van der Waals surface area contributed by atoms with Gasteiger partial charge < -0.3 is 4.74 Å². The molecule has 0 spiro atoms. The number of benzene rings is 3. The Kier molecular flexibility index (Phi) is 9.33. The summed E-state index contributed by atoms with van der Waals surface area (Å²) in [4.78, 5) is 17.0. The van der Waals surface area contributed by atoms with E-state index in [1.54, 1.807) is 48.5 Å². The zero-order chi connectivity index (χ0) is 29.7. The molecule has 11 heteroatoms. The van der Waals surface area contributed by atoms with Crippen LogP contribution in [0.2, 0.25) is 0 Å². The van der Waals surface area contributed by atoms with Crippen molar-refractivity contribution in [2.24, 2.45) is 11.0 Å². The molecule has 2 aliphatic heterocycles. The lowest BCUT2D eigenvalue weighted by Crippen LogP contribution is -2.35. The Morgan fingerprint density at radius 1 is 1.02 bits per heavy atom. The van der Waals surface area contributed by atoms with Crippen LogP contribution in [0.1, 0.15) is 41.9 Å². The molecule has 2 fully saturated rings. The second-order valence-electron chi connectivity index (χ2n) is 10.8. The summed E-state index contributed by atoms with van der Waals surface area (Å²) in [7, 11) is -3.62. The fraction of sp³-hybridized carbons (Fsp3) is 0.387. The molecule has 0 amide bonds. The molecule has 3 aromatic carbocycles. The molecule has 0 N–H and O–H groups in total. The fourth-order valence-electron chi connectivity index (χ4n) is 5.93. The van der Waals surface area contributed by atoms with Gasteiger partial charge in [-0.05, 0) is 84.2 Å². The molecule has 2 heterocycles. The number of azide groups is 1. The highest BCUT2D eigenvalue weighted by Crippen LogP contribution is 2.38. The van der Waals surface area contributed by atoms with Crippen LogP contribution in [0.25, 0.3) is 10.4 Å². The van der Waals surface area contributed by atoms with Gasteiger partial charge in [0.1, 0.15) is 23.5 Å². The predicted octanol–water partition coefficient (Wildman–Crippen LogP) is 5.97. The topological polar surface area (TPSA) is 112 Å². The fourth-order valence-corrected chi connectivity index (χ4v) is 7.57. The monoisotopic (exact) mass is 594 g/mol. The van der Waals surface area contributed by atoms with E-state index >= 15 is 4.39 Å². The molecule has 0 aliphatic carbocycles. The molecule has 0 aromatic heterocycles. The summed E-state index contributed by atoms with van der Waals surface area (Å²) in [5, 5.41) is 3.93. The van der Waals surface area contributed by atoms with Gasteiger partial charge in [-0.1, -0.05) is 47.6 Å². The number of nitrogens with zero attached hydrogens (tertiary/aromatic N) is 4. The van der Waals surface area contributed by atoms with Crippen LogP contribution >= 0.6 is 0 Å². The largest absolute Gasteiger partial charge is 0.381 e. The molecule has 0 bridgehead atoms.